The molecular formula is C8H11IO2. The van der Waals surface area contributed by atoms with Crippen LogP contribution in [-0.2, 0) is 9.53 Å². The zero-order chi connectivity index (χ0) is 8.53. The maximum atomic E-state index is 9.96. The molecule has 0 aliphatic rings. The molecule has 0 N–H and O–H groups in total. The Balaban J connectivity index is 3.77. The Kier molecular flexibility index (Phi) is 7.69. The lowest BCUT2D eigenvalue weighted by molar-refractivity contribution is -0.131. The minimum Gasteiger partial charge on any atom is -0.451 e. The van der Waals surface area contributed by atoms with E-state index in [1.165, 1.54) is 0 Å². The number of carbonyl (C=O) groups is 1. The van der Waals surface area contributed by atoms with Gasteiger partial charge < -0.3 is 4.74 Å². The third-order valence-corrected chi connectivity index (χ3v) is 1.48. The van der Waals surface area contributed by atoms with E-state index < -0.39 is 0 Å². The van der Waals surface area contributed by atoms with E-state index in [2.05, 4.69) is 34.4 Å². The van der Waals surface area contributed by atoms with Crippen LogP contribution in [0.25, 0.3) is 0 Å². The summed E-state index contributed by atoms with van der Waals surface area (Å²) in [5.74, 6) is 5.73. The van der Waals surface area contributed by atoms with E-state index in [1.54, 1.807) is 0 Å². The second kappa shape index (κ2) is 7.86. The van der Waals surface area contributed by atoms with Crippen LogP contribution >= 0.6 is 22.6 Å². The van der Waals surface area contributed by atoms with Crippen molar-refractivity contribution >= 4 is 29.1 Å². The first-order valence-electron chi connectivity index (χ1n) is 3.48. The highest BCUT2D eigenvalue weighted by atomic mass is 127. The molecule has 2 nitrogen and oxygen atoms in total. The molecule has 0 aromatic carbocycles. The van der Waals surface area contributed by atoms with Crippen LogP contribution in [0.3, 0.4) is 0 Å². The van der Waals surface area contributed by atoms with Gasteiger partial charge in [-0.2, -0.15) is 0 Å². The SMILES string of the molecule is CCCC(C#CCI)OC=O. The lowest BCUT2D eigenvalue weighted by atomic mass is 10.2. The third kappa shape index (κ3) is 6.17. The standard InChI is InChI=1S/C8H11IO2/c1-2-4-8(11-7-10)5-3-6-9/h7-8H,2,4,6H2,1H3. The number of rotatable bonds is 4. The van der Waals surface area contributed by atoms with Crippen LogP contribution in [0.2, 0.25) is 0 Å². The summed E-state index contributed by atoms with van der Waals surface area (Å²) in [7, 11) is 0. The first kappa shape index (κ1) is 10.8. The summed E-state index contributed by atoms with van der Waals surface area (Å²) in [6, 6.07) is 0. The van der Waals surface area contributed by atoms with Crippen molar-refractivity contribution in [1.29, 1.82) is 0 Å². The molecular weight excluding hydrogens is 255 g/mol. The van der Waals surface area contributed by atoms with E-state index >= 15 is 0 Å². The molecule has 0 saturated heterocycles. The fourth-order valence-corrected chi connectivity index (χ4v) is 0.876. The largest absolute Gasteiger partial charge is 0.451 e. The molecule has 3 heteroatoms. The molecule has 0 saturated carbocycles. The zero-order valence-corrected chi connectivity index (χ0v) is 8.63. The number of carbonyl (C=O) groups excluding carboxylic acids is 1. The summed E-state index contributed by atoms with van der Waals surface area (Å²) < 4.78 is 5.50. The molecule has 62 valence electrons. The van der Waals surface area contributed by atoms with Gasteiger partial charge in [0.15, 0.2) is 6.10 Å². The van der Waals surface area contributed by atoms with E-state index in [0.29, 0.717) is 6.47 Å². The van der Waals surface area contributed by atoms with Gasteiger partial charge in [-0.3, -0.25) is 4.79 Å². The number of halogens is 1. The van der Waals surface area contributed by atoms with Gasteiger partial charge in [0, 0.05) is 0 Å². The fraction of sp³-hybridized carbons (Fsp3) is 0.625. The predicted molar refractivity (Wildman–Crippen MR) is 52.5 cm³/mol. The molecule has 0 fully saturated rings. The minimum atomic E-state index is -0.202. The lowest BCUT2D eigenvalue weighted by Crippen LogP contribution is -2.08. The van der Waals surface area contributed by atoms with Gasteiger partial charge in [0.2, 0.25) is 0 Å². The highest BCUT2D eigenvalue weighted by molar-refractivity contribution is 14.1. The first-order valence-corrected chi connectivity index (χ1v) is 5.01. The van der Waals surface area contributed by atoms with Crippen LogP contribution in [0.5, 0.6) is 0 Å². The van der Waals surface area contributed by atoms with E-state index in [0.717, 1.165) is 17.3 Å². The van der Waals surface area contributed by atoms with Crippen molar-refractivity contribution in [3.63, 3.8) is 0 Å². The van der Waals surface area contributed by atoms with Gasteiger partial charge in [-0.1, -0.05) is 47.8 Å². The van der Waals surface area contributed by atoms with Crippen LogP contribution in [0.4, 0.5) is 0 Å². The van der Waals surface area contributed by atoms with Crippen LogP contribution in [0.1, 0.15) is 19.8 Å². The Labute approximate surface area is 80.8 Å². The molecule has 0 heterocycles. The van der Waals surface area contributed by atoms with Crippen molar-refractivity contribution in [1.82, 2.24) is 0 Å². The van der Waals surface area contributed by atoms with E-state index in [1.807, 2.05) is 6.92 Å². The minimum absolute atomic E-state index is 0.202. The average molecular weight is 266 g/mol. The summed E-state index contributed by atoms with van der Waals surface area (Å²) in [4.78, 5) is 9.96. The Bertz CT molecular complexity index is 157. The quantitative estimate of drug-likeness (QED) is 0.335. The highest BCUT2D eigenvalue weighted by Crippen LogP contribution is 1.98. The van der Waals surface area contributed by atoms with Crippen molar-refractivity contribution < 1.29 is 9.53 Å². The molecule has 0 aliphatic heterocycles. The number of alkyl halides is 1. The van der Waals surface area contributed by atoms with Gasteiger partial charge in [0.1, 0.15) is 0 Å². The maximum absolute atomic E-state index is 9.96. The van der Waals surface area contributed by atoms with Crippen LogP contribution < -0.4 is 0 Å². The Morgan fingerprint density at radius 3 is 2.91 bits per heavy atom. The number of ether oxygens (including phenoxy) is 1. The molecule has 11 heavy (non-hydrogen) atoms. The maximum Gasteiger partial charge on any atom is 0.294 e. The highest BCUT2D eigenvalue weighted by Gasteiger charge is 2.01. The summed E-state index contributed by atoms with van der Waals surface area (Å²) in [6.45, 7) is 2.50. The summed E-state index contributed by atoms with van der Waals surface area (Å²) in [5, 5.41) is 0. The van der Waals surface area contributed by atoms with Crippen molar-refractivity contribution in [3.8, 4) is 11.8 Å². The van der Waals surface area contributed by atoms with Crippen LogP contribution in [-0.4, -0.2) is 17.0 Å². The smallest absolute Gasteiger partial charge is 0.294 e. The van der Waals surface area contributed by atoms with Gasteiger partial charge in [0.05, 0.1) is 4.43 Å². The van der Waals surface area contributed by atoms with Gasteiger partial charge in [0.25, 0.3) is 6.47 Å². The first-order chi connectivity index (χ1) is 5.35. The second-order valence-electron chi connectivity index (χ2n) is 1.96. The predicted octanol–water partition coefficient (Wildman–Crippen LogP) is 1.77. The summed E-state index contributed by atoms with van der Waals surface area (Å²) >= 11 is 2.16. The molecule has 1 unspecified atom stereocenters. The fourth-order valence-electron chi connectivity index (χ4n) is 0.656. The molecule has 0 aliphatic carbocycles. The van der Waals surface area contributed by atoms with E-state index in [-0.39, 0.29) is 6.10 Å². The normalized spacial score (nSPS) is 11.1. The molecule has 0 rings (SSSR count). The monoisotopic (exact) mass is 266 g/mol. The van der Waals surface area contributed by atoms with Crippen molar-refractivity contribution in [3.05, 3.63) is 0 Å². The van der Waals surface area contributed by atoms with Gasteiger partial charge >= 0.3 is 0 Å². The van der Waals surface area contributed by atoms with Gasteiger partial charge in [-0.15, -0.1) is 0 Å². The van der Waals surface area contributed by atoms with Gasteiger partial charge in [-0.05, 0) is 6.42 Å². The van der Waals surface area contributed by atoms with Crippen LogP contribution in [0.15, 0.2) is 0 Å². The number of hydrogen-bond acceptors (Lipinski definition) is 2. The topological polar surface area (TPSA) is 26.3 Å². The van der Waals surface area contributed by atoms with Crippen molar-refractivity contribution in [2.45, 2.75) is 25.9 Å². The van der Waals surface area contributed by atoms with E-state index in [9.17, 15) is 4.79 Å². The molecule has 0 bridgehead atoms. The zero-order valence-electron chi connectivity index (χ0n) is 6.47. The molecule has 1 atom stereocenters. The third-order valence-electron chi connectivity index (χ3n) is 1.10. The molecule has 0 radical (unpaired) electrons. The molecule has 0 amide bonds. The summed E-state index contributed by atoms with van der Waals surface area (Å²) in [6.07, 6.45) is 1.60. The Hall–Kier alpha value is -0.240. The van der Waals surface area contributed by atoms with Crippen molar-refractivity contribution in [2.24, 2.45) is 0 Å². The molecule has 0 aromatic rings. The van der Waals surface area contributed by atoms with E-state index in [4.69, 9.17) is 4.74 Å². The van der Waals surface area contributed by atoms with Crippen LogP contribution in [0, 0.1) is 11.8 Å². The Morgan fingerprint density at radius 1 is 1.73 bits per heavy atom. The molecule has 0 spiro atoms. The lowest BCUT2D eigenvalue weighted by Gasteiger charge is -2.04. The second-order valence-corrected chi connectivity index (χ2v) is 2.73. The molecule has 0 aromatic heterocycles. The average Bonchev–Trinajstić information content (AvgIpc) is 2.01. The number of hydrogen-bond donors (Lipinski definition) is 0. The van der Waals surface area contributed by atoms with Crippen molar-refractivity contribution in [2.75, 3.05) is 4.43 Å². The Morgan fingerprint density at radius 2 is 2.45 bits per heavy atom. The summed E-state index contributed by atoms with van der Waals surface area (Å²) in [5.41, 5.74) is 0. The van der Waals surface area contributed by atoms with Gasteiger partial charge in [-0.25, -0.2) is 0 Å².